The summed E-state index contributed by atoms with van der Waals surface area (Å²) < 4.78 is 0. The fourth-order valence-corrected chi connectivity index (χ4v) is 3.79. The van der Waals surface area contributed by atoms with E-state index in [4.69, 9.17) is 0 Å². The lowest BCUT2D eigenvalue weighted by Crippen LogP contribution is -2.26. The molecule has 1 aromatic heterocycles. The first kappa shape index (κ1) is 20.3. The first-order valence-electron chi connectivity index (χ1n) is 10.5. The quantitative estimate of drug-likeness (QED) is 0.448. The summed E-state index contributed by atoms with van der Waals surface area (Å²) >= 11 is 0. The average Bonchev–Trinajstić information content (AvgIpc) is 3.22. The number of nitrogens with one attached hydrogen (secondary N) is 1. The van der Waals surface area contributed by atoms with Gasteiger partial charge in [-0.1, -0.05) is 54.6 Å². The van der Waals surface area contributed by atoms with Gasteiger partial charge in [0, 0.05) is 19.6 Å². The van der Waals surface area contributed by atoms with Crippen LogP contribution in [0.5, 0.6) is 0 Å². The molecule has 3 aromatic carbocycles. The van der Waals surface area contributed by atoms with Gasteiger partial charge in [-0.05, 0) is 67.5 Å². The zero-order valence-corrected chi connectivity index (χ0v) is 17.8. The van der Waals surface area contributed by atoms with Gasteiger partial charge in [-0.25, -0.2) is 0 Å². The molecule has 4 rings (SSSR count). The van der Waals surface area contributed by atoms with Crippen LogP contribution in [0.2, 0.25) is 0 Å². The highest BCUT2D eigenvalue weighted by molar-refractivity contribution is 5.80. The molecule has 0 atom stereocenters. The summed E-state index contributed by atoms with van der Waals surface area (Å²) in [4.78, 5) is 4.79. The Morgan fingerprint density at radius 1 is 0.700 bits per heavy atom. The Bertz CT molecular complexity index is 1070. The van der Waals surface area contributed by atoms with E-state index in [1.807, 2.05) is 6.07 Å². The van der Waals surface area contributed by atoms with Crippen LogP contribution in [0.15, 0.2) is 72.8 Å². The second-order valence-electron chi connectivity index (χ2n) is 8.08. The number of aromatic amines is 1. The molecule has 5 heteroatoms. The van der Waals surface area contributed by atoms with Gasteiger partial charge >= 0.3 is 0 Å². The van der Waals surface area contributed by atoms with E-state index >= 15 is 0 Å². The zero-order chi connectivity index (χ0) is 20.8. The Kier molecular flexibility index (Phi) is 6.52. The number of hydrogen-bond acceptors (Lipinski definition) is 4. The van der Waals surface area contributed by atoms with Gasteiger partial charge in [-0.2, -0.15) is 15.4 Å². The Hall–Kier alpha value is -3.02. The Balaban J connectivity index is 1.51. The van der Waals surface area contributed by atoms with Crippen molar-refractivity contribution in [3.63, 3.8) is 0 Å². The maximum atomic E-state index is 4.22. The summed E-state index contributed by atoms with van der Waals surface area (Å²) in [6.07, 6.45) is 1.16. The highest BCUT2D eigenvalue weighted by Crippen LogP contribution is 2.24. The molecule has 0 radical (unpaired) electrons. The molecule has 30 heavy (non-hydrogen) atoms. The molecule has 154 valence electrons. The van der Waals surface area contributed by atoms with E-state index in [1.165, 1.54) is 22.3 Å². The van der Waals surface area contributed by atoms with E-state index in [0.717, 1.165) is 43.6 Å². The van der Waals surface area contributed by atoms with Crippen molar-refractivity contribution in [3.8, 4) is 11.1 Å². The molecule has 0 fully saturated rings. The molecule has 0 unspecified atom stereocenters. The lowest BCUT2D eigenvalue weighted by molar-refractivity contribution is 0.240. The topological polar surface area (TPSA) is 48.0 Å². The normalized spacial score (nSPS) is 11.6. The smallest absolute Gasteiger partial charge is 0.113 e. The van der Waals surface area contributed by atoms with E-state index < -0.39 is 0 Å². The van der Waals surface area contributed by atoms with E-state index in [1.54, 1.807) is 0 Å². The molecule has 5 nitrogen and oxygen atoms in total. The second-order valence-corrected chi connectivity index (χ2v) is 8.08. The van der Waals surface area contributed by atoms with Crippen LogP contribution in [-0.2, 0) is 13.1 Å². The minimum Gasteiger partial charge on any atom is -0.309 e. The number of fused-ring (bicyclic) bond motifs is 1. The molecule has 0 amide bonds. The first-order chi connectivity index (χ1) is 14.7. The van der Waals surface area contributed by atoms with E-state index in [9.17, 15) is 0 Å². The summed E-state index contributed by atoms with van der Waals surface area (Å²) in [5.74, 6) is 0. The monoisotopic (exact) mass is 399 g/mol. The van der Waals surface area contributed by atoms with E-state index in [0.29, 0.717) is 0 Å². The van der Waals surface area contributed by atoms with Gasteiger partial charge in [0.25, 0.3) is 0 Å². The molecule has 0 aliphatic rings. The fourth-order valence-electron chi connectivity index (χ4n) is 3.79. The number of nitrogens with zero attached hydrogens (tertiary/aromatic N) is 4. The Labute approximate surface area is 178 Å². The van der Waals surface area contributed by atoms with Crippen LogP contribution in [-0.4, -0.2) is 52.4 Å². The molecule has 1 N–H and O–H groups in total. The van der Waals surface area contributed by atoms with Gasteiger partial charge < -0.3 is 4.90 Å². The van der Waals surface area contributed by atoms with Crippen LogP contribution in [0.1, 0.15) is 17.5 Å². The number of rotatable bonds is 9. The van der Waals surface area contributed by atoms with Crippen LogP contribution < -0.4 is 0 Å². The lowest BCUT2D eigenvalue weighted by atomic mass is 10.0. The highest BCUT2D eigenvalue weighted by Gasteiger charge is 2.09. The second kappa shape index (κ2) is 9.65. The van der Waals surface area contributed by atoms with Crippen molar-refractivity contribution in [1.82, 2.24) is 25.2 Å². The van der Waals surface area contributed by atoms with Gasteiger partial charge in [0.2, 0.25) is 0 Å². The molecular formula is C25H29N5. The summed E-state index contributed by atoms with van der Waals surface area (Å²) in [5.41, 5.74) is 6.85. The molecule has 1 heterocycles. The fraction of sp³-hybridized carbons (Fsp3) is 0.280. The third-order valence-electron chi connectivity index (χ3n) is 5.31. The van der Waals surface area contributed by atoms with Crippen LogP contribution in [0.25, 0.3) is 22.2 Å². The molecule has 0 spiro atoms. The third-order valence-corrected chi connectivity index (χ3v) is 5.31. The van der Waals surface area contributed by atoms with Crippen LogP contribution in [0.4, 0.5) is 0 Å². The summed E-state index contributed by atoms with van der Waals surface area (Å²) in [6.45, 7) is 4.07. The summed E-state index contributed by atoms with van der Waals surface area (Å²) in [6, 6.07) is 25.8. The van der Waals surface area contributed by atoms with Crippen molar-refractivity contribution >= 4 is 11.0 Å². The highest BCUT2D eigenvalue weighted by atomic mass is 15.3. The zero-order valence-electron chi connectivity index (χ0n) is 17.8. The lowest BCUT2D eigenvalue weighted by Gasteiger charge is -2.24. The van der Waals surface area contributed by atoms with Gasteiger partial charge in [0.1, 0.15) is 11.0 Å². The average molecular weight is 400 g/mol. The maximum Gasteiger partial charge on any atom is 0.113 e. The first-order valence-corrected chi connectivity index (χ1v) is 10.5. The van der Waals surface area contributed by atoms with Crippen LogP contribution in [0, 0.1) is 0 Å². The minimum absolute atomic E-state index is 0.893. The van der Waals surface area contributed by atoms with E-state index in [2.05, 4.69) is 106 Å². The Morgan fingerprint density at radius 3 is 2.27 bits per heavy atom. The molecular weight excluding hydrogens is 370 g/mol. The van der Waals surface area contributed by atoms with Crippen LogP contribution in [0.3, 0.4) is 0 Å². The molecule has 4 aromatic rings. The largest absolute Gasteiger partial charge is 0.309 e. The number of hydrogen-bond donors (Lipinski definition) is 1. The van der Waals surface area contributed by atoms with Crippen LogP contribution >= 0.6 is 0 Å². The van der Waals surface area contributed by atoms with Gasteiger partial charge in [0.05, 0.1) is 0 Å². The van der Waals surface area contributed by atoms with E-state index in [-0.39, 0.29) is 0 Å². The Morgan fingerprint density at radius 2 is 1.43 bits per heavy atom. The number of benzene rings is 3. The predicted octanol–water partition coefficient (Wildman–Crippen LogP) is 4.58. The standard InChI is InChI=1S/C25H29N5/c1-29(2)14-7-15-30(18-20-8-4-3-5-9-20)19-21-10-6-11-22(16-21)23-12-13-24-25(17-23)27-28-26-24/h3-6,8-13,16-17H,7,14-15,18-19H2,1-2H3,(H,26,27,28). The molecule has 0 aliphatic carbocycles. The minimum atomic E-state index is 0.893. The molecule has 0 saturated heterocycles. The third kappa shape index (κ3) is 5.32. The number of H-pyrrole nitrogens is 1. The summed E-state index contributed by atoms with van der Waals surface area (Å²) in [7, 11) is 4.27. The SMILES string of the molecule is CN(C)CCCN(Cc1ccccc1)Cc1cccc(-c2ccc3n[nH]nc3c2)c1. The maximum absolute atomic E-state index is 4.22. The van der Waals surface area contributed by atoms with Gasteiger partial charge in [-0.3, -0.25) is 4.90 Å². The predicted molar refractivity (Wildman–Crippen MR) is 123 cm³/mol. The number of aromatic nitrogens is 3. The van der Waals surface area contributed by atoms with Crippen molar-refractivity contribution < 1.29 is 0 Å². The van der Waals surface area contributed by atoms with Crippen molar-refractivity contribution in [2.75, 3.05) is 27.2 Å². The molecule has 0 saturated carbocycles. The molecule has 0 aliphatic heterocycles. The molecule has 0 bridgehead atoms. The van der Waals surface area contributed by atoms with Gasteiger partial charge in [-0.15, -0.1) is 0 Å². The van der Waals surface area contributed by atoms with Crippen molar-refractivity contribution in [2.24, 2.45) is 0 Å². The van der Waals surface area contributed by atoms with Crippen molar-refractivity contribution in [2.45, 2.75) is 19.5 Å². The van der Waals surface area contributed by atoms with Crippen molar-refractivity contribution in [3.05, 3.63) is 83.9 Å². The summed E-state index contributed by atoms with van der Waals surface area (Å²) in [5, 5.41) is 11.1. The van der Waals surface area contributed by atoms with Crippen molar-refractivity contribution in [1.29, 1.82) is 0 Å². The van der Waals surface area contributed by atoms with Gasteiger partial charge in [0.15, 0.2) is 0 Å².